The molecular formula is C21H13F3N2O2. The van der Waals surface area contributed by atoms with E-state index in [0.717, 1.165) is 28.8 Å². The molecule has 0 saturated carbocycles. The molecule has 2 aromatic carbocycles. The van der Waals surface area contributed by atoms with E-state index in [1.807, 2.05) is 6.92 Å². The summed E-state index contributed by atoms with van der Waals surface area (Å²) in [7, 11) is 0. The van der Waals surface area contributed by atoms with Gasteiger partial charge in [-0.2, -0.15) is 4.39 Å². The quantitative estimate of drug-likeness (QED) is 0.511. The number of rotatable bonds is 3. The van der Waals surface area contributed by atoms with Gasteiger partial charge in [-0.05, 0) is 54.4 Å². The van der Waals surface area contributed by atoms with Crippen molar-refractivity contribution in [3.8, 4) is 11.1 Å². The van der Waals surface area contributed by atoms with E-state index in [2.05, 4.69) is 10.3 Å². The molecule has 4 nitrogen and oxygen atoms in total. The third-order valence-corrected chi connectivity index (χ3v) is 4.34. The monoisotopic (exact) mass is 382 g/mol. The lowest BCUT2D eigenvalue weighted by Crippen LogP contribution is -2.16. The highest BCUT2D eigenvalue weighted by atomic mass is 19.1. The van der Waals surface area contributed by atoms with Gasteiger partial charge in [0.05, 0.1) is 0 Å². The van der Waals surface area contributed by atoms with Gasteiger partial charge in [0.15, 0.2) is 0 Å². The summed E-state index contributed by atoms with van der Waals surface area (Å²) in [6.45, 7) is 1.85. The van der Waals surface area contributed by atoms with E-state index in [1.165, 1.54) is 24.4 Å². The van der Waals surface area contributed by atoms with Crippen LogP contribution in [-0.4, -0.2) is 10.9 Å². The van der Waals surface area contributed by atoms with Crippen molar-refractivity contribution in [3.63, 3.8) is 0 Å². The molecule has 28 heavy (non-hydrogen) atoms. The third kappa shape index (κ3) is 3.22. The summed E-state index contributed by atoms with van der Waals surface area (Å²) in [6, 6.07) is 10.5. The molecule has 4 rings (SSSR count). The van der Waals surface area contributed by atoms with Crippen LogP contribution >= 0.6 is 0 Å². The zero-order valence-corrected chi connectivity index (χ0v) is 14.6. The predicted molar refractivity (Wildman–Crippen MR) is 98.5 cm³/mol. The average molecular weight is 382 g/mol. The van der Waals surface area contributed by atoms with Crippen LogP contribution < -0.4 is 5.32 Å². The first-order valence-electron chi connectivity index (χ1n) is 8.34. The molecule has 4 aromatic rings. The Morgan fingerprint density at radius 1 is 1.04 bits per heavy atom. The van der Waals surface area contributed by atoms with Crippen LogP contribution in [0.15, 0.2) is 59.1 Å². The molecule has 0 unspecified atom stereocenters. The highest BCUT2D eigenvalue weighted by Gasteiger charge is 2.17. The van der Waals surface area contributed by atoms with Crippen molar-refractivity contribution in [3.05, 3.63) is 83.5 Å². The number of hydrogen-bond acceptors (Lipinski definition) is 3. The van der Waals surface area contributed by atoms with Crippen LogP contribution in [0, 0.1) is 24.6 Å². The topological polar surface area (TPSA) is 55.1 Å². The van der Waals surface area contributed by atoms with Crippen LogP contribution in [0.5, 0.6) is 0 Å². The molecule has 140 valence electrons. The van der Waals surface area contributed by atoms with Gasteiger partial charge in [0.25, 0.3) is 11.9 Å². The Hall–Kier alpha value is -3.61. The molecule has 0 spiro atoms. The van der Waals surface area contributed by atoms with Crippen LogP contribution in [0.1, 0.15) is 15.9 Å². The Bertz CT molecular complexity index is 1180. The Balaban J connectivity index is 1.61. The molecule has 7 heteroatoms. The van der Waals surface area contributed by atoms with Gasteiger partial charge < -0.3 is 9.73 Å². The van der Waals surface area contributed by atoms with Crippen molar-refractivity contribution in [2.45, 2.75) is 6.92 Å². The predicted octanol–water partition coefficient (Wildman–Crippen LogP) is 5.47. The number of benzene rings is 2. The van der Waals surface area contributed by atoms with Gasteiger partial charge in [-0.15, -0.1) is 0 Å². The number of anilines is 1. The van der Waals surface area contributed by atoms with Gasteiger partial charge in [-0.1, -0.05) is 6.07 Å². The lowest BCUT2D eigenvalue weighted by molar-refractivity contribution is 0.101. The highest BCUT2D eigenvalue weighted by Crippen LogP contribution is 2.30. The molecular weight excluding hydrogens is 369 g/mol. The van der Waals surface area contributed by atoms with Crippen molar-refractivity contribution in [2.75, 3.05) is 5.32 Å². The maximum Gasteiger partial charge on any atom is 0.278 e. The van der Waals surface area contributed by atoms with Crippen molar-refractivity contribution < 1.29 is 22.4 Å². The largest absolute Gasteiger partial charge is 0.431 e. The van der Waals surface area contributed by atoms with Gasteiger partial charge >= 0.3 is 0 Å². The maximum absolute atomic E-state index is 13.7. The summed E-state index contributed by atoms with van der Waals surface area (Å²) < 4.78 is 45.7. The van der Waals surface area contributed by atoms with Gasteiger partial charge in [0, 0.05) is 23.2 Å². The minimum absolute atomic E-state index is 0.143. The number of halogens is 3. The number of nitrogens with zero attached hydrogens (tertiary/aromatic N) is 1. The molecule has 0 radical (unpaired) electrons. The van der Waals surface area contributed by atoms with Gasteiger partial charge in [0.1, 0.15) is 28.6 Å². The summed E-state index contributed by atoms with van der Waals surface area (Å²) >= 11 is 0. The summed E-state index contributed by atoms with van der Waals surface area (Å²) in [6.07, 6.45) is 1.51. The molecule has 0 aliphatic carbocycles. The van der Waals surface area contributed by atoms with Crippen LogP contribution in [0.4, 0.5) is 19.0 Å². The van der Waals surface area contributed by atoms with Crippen LogP contribution in [0.3, 0.4) is 0 Å². The fourth-order valence-corrected chi connectivity index (χ4v) is 2.99. The van der Waals surface area contributed by atoms with E-state index < -0.39 is 29.1 Å². The molecule has 0 fully saturated rings. The van der Waals surface area contributed by atoms with E-state index in [1.54, 1.807) is 18.2 Å². The van der Waals surface area contributed by atoms with Crippen LogP contribution in [0.25, 0.3) is 22.1 Å². The second-order valence-corrected chi connectivity index (χ2v) is 6.24. The SMILES string of the molecule is Cc1cc2oc(F)cc2cc1-c1ccc(NC(=O)c2c(F)cccc2F)nc1. The van der Waals surface area contributed by atoms with Gasteiger partial charge in [-0.3, -0.25) is 4.79 Å². The lowest BCUT2D eigenvalue weighted by Gasteiger charge is -2.09. The molecule has 1 amide bonds. The summed E-state index contributed by atoms with van der Waals surface area (Å²) in [4.78, 5) is 16.3. The van der Waals surface area contributed by atoms with Gasteiger partial charge in [0.2, 0.25) is 0 Å². The zero-order valence-electron chi connectivity index (χ0n) is 14.6. The molecule has 1 N–H and O–H groups in total. The van der Waals surface area contributed by atoms with Crippen molar-refractivity contribution in [2.24, 2.45) is 0 Å². The van der Waals surface area contributed by atoms with E-state index in [0.29, 0.717) is 11.0 Å². The van der Waals surface area contributed by atoms with E-state index in [4.69, 9.17) is 4.42 Å². The normalized spacial score (nSPS) is 11.0. The second-order valence-electron chi connectivity index (χ2n) is 6.24. The number of nitrogens with one attached hydrogen (secondary N) is 1. The average Bonchev–Trinajstić information content (AvgIpc) is 3.00. The summed E-state index contributed by atoms with van der Waals surface area (Å²) in [5, 5.41) is 2.99. The Kier molecular flexibility index (Phi) is 4.35. The standard InChI is InChI=1S/C21H13F3N2O2/c1-11-7-17-13(9-18(24)28-17)8-14(11)12-5-6-19(25-10-12)26-21(27)20-15(22)3-2-4-16(20)23/h2-10H,1H3,(H,25,26,27). The minimum atomic E-state index is -0.953. The second kappa shape index (κ2) is 6.84. The number of aromatic nitrogens is 1. The van der Waals surface area contributed by atoms with E-state index >= 15 is 0 Å². The Labute approximate surface area is 157 Å². The number of carbonyl (C=O) groups excluding carboxylic acids is 1. The number of aryl methyl sites for hydroxylation is 1. The molecule has 0 aliphatic rings. The van der Waals surface area contributed by atoms with E-state index in [9.17, 15) is 18.0 Å². The van der Waals surface area contributed by atoms with Crippen molar-refractivity contribution >= 4 is 22.7 Å². The third-order valence-electron chi connectivity index (χ3n) is 4.34. The van der Waals surface area contributed by atoms with Gasteiger partial charge in [-0.25, -0.2) is 13.8 Å². The minimum Gasteiger partial charge on any atom is -0.431 e. The number of hydrogen-bond donors (Lipinski definition) is 1. The highest BCUT2D eigenvalue weighted by molar-refractivity contribution is 6.04. The lowest BCUT2D eigenvalue weighted by atomic mass is 10.0. The summed E-state index contributed by atoms with van der Waals surface area (Å²) in [5.41, 5.74) is 2.18. The number of furan rings is 1. The van der Waals surface area contributed by atoms with Crippen molar-refractivity contribution in [1.82, 2.24) is 4.98 Å². The number of amides is 1. The molecule has 0 bridgehead atoms. The Morgan fingerprint density at radius 2 is 1.79 bits per heavy atom. The first-order valence-corrected chi connectivity index (χ1v) is 8.34. The molecule has 0 saturated heterocycles. The Morgan fingerprint density at radius 3 is 2.46 bits per heavy atom. The number of fused-ring (bicyclic) bond motifs is 1. The van der Waals surface area contributed by atoms with Crippen LogP contribution in [-0.2, 0) is 0 Å². The number of pyridine rings is 1. The molecule has 2 aromatic heterocycles. The number of carbonyl (C=O) groups is 1. The first kappa shape index (κ1) is 17.8. The smallest absolute Gasteiger partial charge is 0.278 e. The molecule has 0 atom stereocenters. The fraction of sp³-hybridized carbons (Fsp3) is 0.0476. The molecule has 0 aliphatic heterocycles. The zero-order chi connectivity index (χ0) is 19.8. The van der Waals surface area contributed by atoms with E-state index in [-0.39, 0.29) is 5.82 Å². The van der Waals surface area contributed by atoms with Crippen molar-refractivity contribution in [1.29, 1.82) is 0 Å². The summed E-state index contributed by atoms with van der Waals surface area (Å²) in [5.74, 6) is -2.69. The fourth-order valence-electron chi connectivity index (χ4n) is 2.99. The first-order chi connectivity index (χ1) is 13.4. The van der Waals surface area contributed by atoms with Crippen LogP contribution in [0.2, 0.25) is 0 Å². The maximum atomic E-state index is 13.7. The molecule has 2 heterocycles.